The van der Waals surface area contributed by atoms with Crippen molar-refractivity contribution >= 4 is 29.1 Å². The summed E-state index contributed by atoms with van der Waals surface area (Å²) < 4.78 is 5.14. The Kier molecular flexibility index (Phi) is 8.84. The molecule has 1 unspecified atom stereocenters. The van der Waals surface area contributed by atoms with Gasteiger partial charge in [-0.15, -0.1) is 11.3 Å². The summed E-state index contributed by atoms with van der Waals surface area (Å²) in [5.74, 6) is 1.61. The summed E-state index contributed by atoms with van der Waals surface area (Å²) in [4.78, 5) is 27.2. The summed E-state index contributed by atoms with van der Waals surface area (Å²) in [6, 6.07) is 8.08. The molecule has 3 aromatic rings. The Morgan fingerprint density at radius 3 is 2.85 bits per heavy atom. The highest BCUT2D eigenvalue weighted by molar-refractivity contribution is 7.09. The van der Waals surface area contributed by atoms with Crippen LogP contribution in [0, 0.1) is 0 Å². The monoisotopic (exact) mass is 479 g/mol. The lowest BCUT2D eigenvalue weighted by molar-refractivity contribution is -0.108. The van der Waals surface area contributed by atoms with Crippen LogP contribution in [0.25, 0.3) is 0 Å². The number of thiazole rings is 1. The van der Waals surface area contributed by atoms with Crippen molar-refractivity contribution in [2.45, 2.75) is 50.9 Å². The number of unbranched alkanes of at least 4 members (excludes halogenated alkanes) is 1. The number of hydrogen-bond acceptors (Lipinski definition) is 8. The van der Waals surface area contributed by atoms with Gasteiger partial charge in [-0.2, -0.15) is 0 Å². The first-order valence-corrected chi connectivity index (χ1v) is 12.9. The first kappa shape index (κ1) is 24.1. The van der Waals surface area contributed by atoms with Crippen LogP contribution in [-0.2, 0) is 17.6 Å². The minimum absolute atomic E-state index is 0.0823. The fraction of sp³-hybridized carbons (Fsp3) is 0.462. The van der Waals surface area contributed by atoms with E-state index in [-0.39, 0.29) is 5.92 Å². The summed E-state index contributed by atoms with van der Waals surface area (Å²) in [6.07, 6.45) is 11.5. The van der Waals surface area contributed by atoms with Crippen LogP contribution >= 0.6 is 11.3 Å². The van der Waals surface area contributed by atoms with Gasteiger partial charge in [0.25, 0.3) is 0 Å². The number of aldehydes is 1. The Balaban J connectivity index is 1.21. The fourth-order valence-electron chi connectivity index (χ4n) is 4.32. The number of rotatable bonds is 13. The van der Waals surface area contributed by atoms with E-state index in [1.165, 1.54) is 18.5 Å². The normalized spacial score (nSPS) is 14.2. The third kappa shape index (κ3) is 6.76. The van der Waals surface area contributed by atoms with Crippen molar-refractivity contribution in [2.24, 2.45) is 0 Å². The van der Waals surface area contributed by atoms with Gasteiger partial charge in [-0.25, -0.2) is 15.0 Å². The zero-order valence-electron chi connectivity index (χ0n) is 19.8. The molecule has 0 aliphatic carbocycles. The molecule has 1 aliphatic rings. The van der Waals surface area contributed by atoms with Crippen molar-refractivity contribution in [3.8, 4) is 5.88 Å². The van der Waals surface area contributed by atoms with Gasteiger partial charge in [0, 0.05) is 61.6 Å². The number of hydrogen-bond donors (Lipinski definition) is 1. The number of ether oxygens (including phenoxy) is 1. The van der Waals surface area contributed by atoms with Gasteiger partial charge in [0.1, 0.15) is 12.1 Å². The second kappa shape index (κ2) is 12.5. The fourth-order valence-corrected chi connectivity index (χ4v) is 5.18. The Hall–Kier alpha value is -3.00. The summed E-state index contributed by atoms with van der Waals surface area (Å²) in [5.41, 5.74) is 3.35. The molecule has 0 bridgehead atoms. The largest absolute Gasteiger partial charge is 0.481 e. The van der Waals surface area contributed by atoms with E-state index < -0.39 is 0 Å². The number of carbonyl (C=O) groups excluding carboxylic acids is 1. The maximum atomic E-state index is 11.2. The van der Waals surface area contributed by atoms with Crippen LogP contribution in [0.15, 0.2) is 42.0 Å². The molecule has 1 saturated heterocycles. The molecule has 0 aromatic carbocycles. The molecule has 34 heavy (non-hydrogen) atoms. The number of carbonyl (C=O) groups is 1. The molecule has 1 atom stereocenters. The molecular weight excluding hydrogens is 446 g/mol. The molecule has 8 heteroatoms. The maximum absolute atomic E-state index is 11.2. The molecule has 0 amide bonds. The molecule has 1 fully saturated rings. The number of anilines is 2. The van der Waals surface area contributed by atoms with Gasteiger partial charge in [-0.1, -0.05) is 6.07 Å². The molecule has 0 saturated carbocycles. The second-order valence-electron chi connectivity index (χ2n) is 8.65. The molecule has 0 radical (unpaired) electrons. The molecule has 3 aromatic heterocycles. The lowest BCUT2D eigenvalue weighted by Gasteiger charge is -2.18. The Bertz CT molecular complexity index is 1030. The van der Waals surface area contributed by atoms with E-state index in [9.17, 15) is 4.79 Å². The first-order valence-electron chi connectivity index (χ1n) is 12.1. The third-order valence-corrected chi connectivity index (χ3v) is 7.17. The van der Waals surface area contributed by atoms with Crippen molar-refractivity contribution in [1.82, 2.24) is 15.0 Å². The Morgan fingerprint density at radius 1 is 1.21 bits per heavy atom. The van der Waals surface area contributed by atoms with Crippen LogP contribution in [0.1, 0.15) is 54.3 Å². The predicted molar refractivity (Wildman–Crippen MR) is 137 cm³/mol. The zero-order chi connectivity index (χ0) is 23.6. The minimum Gasteiger partial charge on any atom is -0.481 e. The van der Waals surface area contributed by atoms with Crippen LogP contribution < -0.4 is 15.0 Å². The molecular formula is C26H33N5O2S. The van der Waals surface area contributed by atoms with E-state index in [1.54, 1.807) is 24.6 Å². The van der Waals surface area contributed by atoms with Crippen molar-refractivity contribution in [1.29, 1.82) is 0 Å². The summed E-state index contributed by atoms with van der Waals surface area (Å²) in [7, 11) is 1.60. The third-order valence-electron chi connectivity index (χ3n) is 6.21. The van der Waals surface area contributed by atoms with Gasteiger partial charge in [0.2, 0.25) is 5.88 Å². The van der Waals surface area contributed by atoms with Crippen molar-refractivity contribution < 1.29 is 9.53 Å². The van der Waals surface area contributed by atoms with Crippen molar-refractivity contribution in [3.63, 3.8) is 0 Å². The smallest absolute Gasteiger partial charge is 0.212 e. The molecule has 7 nitrogen and oxygen atoms in total. The number of nitrogens with zero attached hydrogens (tertiary/aromatic N) is 4. The molecule has 180 valence electrons. The maximum Gasteiger partial charge on any atom is 0.212 e. The van der Waals surface area contributed by atoms with Gasteiger partial charge < -0.3 is 19.7 Å². The quantitative estimate of drug-likeness (QED) is 0.276. The average Bonchev–Trinajstić information content (AvgIpc) is 3.57. The van der Waals surface area contributed by atoms with E-state index in [1.807, 2.05) is 18.3 Å². The topological polar surface area (TPSA) is 80.2 Å². The van der Waals surface area contributed by atoms with Gasteiger partial charge in [-0.3, -0.25) is 0 Å². The Morgan fingerprint density at radius 2 is 2.09 bits per heavy atom. The summed E-state index contributed by atoms with van der Waals surface area (Å²) >= 11 is 1.71. The van der Waals surface area contributed by atoms with E-state index in [0.717, 1.165) is 73.7 Å². The number of methoxy groups -OCH3 is 1. The summed E-state index contributed by atoms with van der Waals surface area (Å²) in [6.45, 7) is 3.19. The SMILES string of the molecule is COc1ccc(C(CC=O)Cc2csc(CCCCNc3cc(N4CCCC4)ccn3)n2)cn1. The number of aromatic nitrogens is 3. The van der Waals surface area contributed by atoms with Crippen LogP contribution in [0.5, 0.6) is 5.88 Å². The molecule has 1 aliphatic heterocycles. The number of nitrogens with one attached hydrogen (secondary N) is 1. The van der Waals surface area contributed by atoms with Crippen LogP contribution in [0.2, 0.25) is 0 Å². The number of aryl methyl sites for hydroxylation is 1. The van der Waals surface area contributed by atoms with Gasteiger partial charge in [0.15, 0.2) is 0 Å². The van der Waals surface area contributed by atoms with Gasteiger partial charge in [0.05, 0.1) is 17.8 Å². The summed E-state index contributed by atoms with van der Waals surface area (Å²) in [5, 5.41) is 6.74. The van der Waals surface area contributed by atoms with Crippen LogP contribution in [-0.4, -0.2) is 48.0 Å². The minimum atomic E-state index is 0.0823. The lowest BCUT2D eigenvalue weighted by atomic mass is 9.93. The number of pyridine rings is 2. The highest BCUT2D eigenvalue weighted by Gasteiger charge is 2.15. The predicted octanol–water partition coefficient (Wildman–Crippen LogP) is 4.89. The van der Waals surface area contributed by atoms with Crippen molar-refractivity contribution in [2.75, 3.05) is 37.0 Å². The molecule has 1 N–H and O–H groups in total. The molecule has 0 spiro atoms. The van der Waals surface area contributed by atoms with E-state index in [4.69, 9.17) is 9.72 Å². The van der Waals surface area contributed by atoms with E-state index in [0.29, 0.717) is 12.3 Å². The van der Waals surface area contributed by atoms with Crippen molar-refractivity contribution in [3.05, 3.63) is 58.3 Å². The average molecular weight is 480 g/mol. The van der Waals surface area contributed by atoms with E-state index >= 15 is 0 Å². The zero-order valence-corrected chi connectivity index (χ0v) is 20.6. The van der Waals surface area contributed by atoms with E-state index in [2.05, 4.69) is 37.7 Å². The highest BCUT2D eigenvalue weighted by Crippen LogP contribution is 2.26. The lowest BCUT2D eigenvalue weighted by Crippen LogP contribution is -2.17. The first-order chi connectivity index (χ1) is 16.7. The van der Waals surface area contributed by atoms with Gasteiger partial charge in [-0.05, 0) is 56.1 Å². The molecule has 4 rings (SSSR count). The van der Waals surface area contributed by atoms with Crippen LogP contribution in [0.4, 0.5) is 11.5 Å². The standard InChI is InChI=1S/C26H33N5O2S/c1-33-25-8-7-21(18-29-25)20(10-15-32)16-22-19-34-26(30-22)6-2-3-11-27-24-17-23(9-12-28-24)31-13-4-5-14-31/h7-9,12,15,17-20H,2-6,10-11,13-14,16H2,1H3,(H,27,28). The Labute approximate surface area is 205 Å². The van der Waals surface area contributed by atoms with Gasteiger partial charge >= 0.3 is 0 Å². The highest BCUT2D eigenvalue weighted by atomic mass is 32.1. The van der Waals surface area contributed by atoms with Crippen LogP contribution in [0.3, 0.4) is 0 Å². The molecule has 4 heterocycles. The second-order valence-corrected chi connectivity index (χ2v) is 9.59.